The maximum absolute atomic E-state index is 12.2. The first-order valence-corrected chi connectivity index (χ1v) is 8.34. The molecule has 1 aliphatic carbocycles. The summed E-state index contributed by atoms with van der Waals surface area (Å²) >= 11 is 3.41. The van der Waals surface area contributed by atoms with Crippen molar-refractivity contribution in [1.82, 2.24) is 5.32 Å². The molecule has 1 N–H and O–H groups in total. The van der Waals surface area contributed by atoms with Crippen LogP contribution in [0.2, 0.25) is 0 Å². The normalized spacial score (nSPS) is 17.4. The second kappa shape index (κ2) is 6.75. The Morgan fingerprint density at radius 2 is 2.05 bits per heavy atom. The van der Waals surface area contributed by atoms with Crippen LogP contribution in [0.4, 0.5) is 0 Å². The zero-order valence-electron chi connectivity index (χ0n) is 12.4. The van der Waals surface area contributed by atoms with Crippen molar-refractivity contribution in [3.05, 3.63) is 34.3 Å². The molecule has 0 atom stereocenters. The van der Waals surface area contributed by atoms with Gasteiger partial charge in [0.15, 0.2) is 0 Å². The molecule has 20 heavy (non-hydrogen) atoms. The molecule has 1 aromatic carbocycles. The highest BCUT2D eigenvalue weighted by Crippen LogP contribution is 2.42. The maximum Gasteiger partial charge on any atom is 0.251 e. The largest absolute Gasteiger partial charge is 0.351 e. The van der Waals surface area contributed by atoms with Crippen molar-refractivity contribution in [2.75, 3.05) is 6.54 Å². The average Bonchev–Trinajstić information content (AvgIpc) is 2.84. The number of halogens is 1. The molecular formula is C17H24BrNO. The van der Waals surface area contributed by atoms with Crippen molar-refractivity contribution >= 4 is 21.8 Å². The fraction of sp³-hybridized carbons (Fsp3) is 0.588. The van der Waals surface area contributed by atoms with Crippen LogP contribution in [0, 0.1) is 11.3 Å². The van der Waals surface area contributed by atoms with Crippen molar-refractivity contribution in [3.63, 3.8) is 0 Å². The topological polar surface area (TPSA) is 29.1 Å². The molecule has 0 unspecified atom stereocenters. The lowest BCUT2D eigenvalue weighted by Gasteiger charge is -2.31. The average molecular weight is 338 g/mol. The van der Waals surface area contributed by atoms with E-state index in [1.165, 1.54) is 32.1 Å². The summed E-state index contributed by atoms with van der Waals surface area (Å²) < 4.78 is 0.947. The van der Waals surface area contributed by atoms with E-state index < -0.39 is 0 Å². The van der Waals surface area contributed by atoms with Crippen LogP contribution >= 0.6 is 15.9 Å². The zero-order valence-corrected chi connectivity index (χ0v) is 14.0. The lowest BCUT2D eigenvalue weighted by molar-refractivity contribution is 0.0922. The highest BCUT2D eigenvalue weighted by atomic mass is 79.9. The van der Waals surface area contributed by atoms with E-state index in [1.54, 1.807) is 0 Å². The van der Waals surface area contributed by atoms with Gasteiger partial charge in [-0.3, -0.25) is 4.79 Å². The predicted molar refractivity (Wildman–Crippen MR) is 86.8 cm³/mol. The van der Waals surface area contributed by atoms with Crippen molar-refractivity contribution in [2.45, 2.75) is 46.0 Å². The van der Waals surface area contributed by atoms with Crippen LogP contribution in [0.3, 0.4) is 0 Å². The molecular weight excluding hydrogens is 314 g/mol. The Kier molecular flexibility index (Phi) is 5.25. The van der Waals surface area contributed by atoms with Crippen LogP contribution in [0.25, 0.3) is 0 Å². The molecule has 0 bridgehead atoms. The third kappa shape index (κ3) is 4.08. The second-order valence-corrected chi connectivity index (χ2v) is 7.41. The first-order valence-electron chi connectivity index (χ1n) is 7.55. The summed E-state index contributed by atoms with van der Waals surface area (Å²) in [6.45, 7) is 5.36. The summed E-state index contributed by atoms with van der Waals surface area (Å²) in [7, 11) is 0. The van der Waals surface area contributed by atoms with Gasteiger partial charge >= 0.3 is 0 Å². The second-order valence-electron chi connectivity index (χ2n) is 6.50. The molecule has 0 radical (unpaired) electrons. The van der Waals surface area contributed by atoms with Gasteiger partial charge in [0.1, 0.15) is 0 Å². The highest BCUT2D eigenvalue weighted by Gasteiger charge is 2.34. The number of hydrogen-bond donors (Lipinski definition) is 1. The Hall–Kier alpha value is -0.830. The Balaban J connectivity index is 1.97. The van der Waals surface area contributed by atoms with E-state index in [0.29, 0.717) is 11.3 Å². The lowest BCUT2D eigenvalue weighted by atomic mass is 9.78. The molecule has 0 spiro atoms. The van der Waals surface area contributed by atoms with E-state index in [1.807, 2.05) is 24.3 Å². The summed E-state index contributed by atoms with van der Waals surface area (Å²) in [6.07, 6.45) is 6.33. The summed E-state index contributed by atoms with van der Waals surface area (Å²) in [4.78, 5) is 12.2. The molecule has 0 aromatic heterocycles. The van der Waals surface area contributed by atoms with Crippen LogP contribution in [-0.4, -0.2) is 12.5 Å². The Bertz CT molecular complexity index is 464. The van der Waals surface area contributed by atoms with Gasteiger partial charge in [0.2, 0.25) is 0 Å². The third-order valence-corrected chi connectivity index (χ3v) is 4.71. The van der Waals surface area contributed by atoms with Crippen LogP contribution in [0.15, 0.2) is 28.7 Å². The maximum atomic E-state index is 12.2. The van der Waals surface area contributed by atoms with Crippen molar-refractivity contribution in [3.8, 4) is 0 Å². The van der Waals surface area contributed by atoms with Crippen LogP contribution in [0.5, 0.6) is 0 Å². The van der Waals surface area contributed by atoms with Gasteiger partial charge in [-0.2, -0.15) is 0 Å². The van der Waals surface area contributed by atoms with Crippen LogP contribution in [0.1, 0.15) is 56.3 Å². The van der Waals surface area contributed by atoms with Gasteiger partial charge in [0.05, 0.1) is 0 Å². The van der Waals surface area contributed by atoms with E-state index in [0.717, 1.165) is 16.6 Å². The van der Waals surface area contributed by atoms with E-state index in [4.69, 9.17) is 0 Å². The van der Waals surface area contributed by atoms with E-state index in [-0.39, 0.29) is 5.91 Å². The van der Waals surface area contributed by atoms with Crippen molar-refractivity contribution < 1.29 is 4.79 Å². The molecule has 1 aromatic rings. The molecule has 1 saturated carbocycles. The zero-order chi connectivity index (χ0) is 14.6. The van der Waals surface area contributed by atoms with E-state index in [2.05, 4.69) is 35.1 Å². The third-order valence-electron chi connectivity index (χ3n) is 4.22. The summed E-state index contributed by atoms with van der Waals surface area (Å²) in [5, 5.41) is 3.15. The molecule has 2 rings (SSSR count). The van der Waals surface area contributed by atoms with Gasteiger partial charge in [-0.25, -0.2) is 0 Å². The van der Waals surface area contributed by atoms with Crippen LogP contribution < -0.4 is 5.32 Å². The molecule has 1 aliphatic rings. The van der Waals surface area contributed by atoms with Gasteiger partial charge in [0, 0.05) is 16.6 Å². The molecule has 0 heterocycles. The first-order chi connectivity index (χ1) is 9.51. The fourth-order valence-electron chi connectivity index (χ4n) is 3.44. The molecule has 110 valence electrons. The smallest absolute Gasteiger partial charge is 0.251 e. The SMILES string of the molecule is CC(C)CC1(CNC(=O)c2cccc(Br)c2)CCCC1. The molecule has 2 nitrogen and oxygen atoms in total. The van der Waals surface area contributed by atoms with Gasteiger partial charge in [0.25, 0.3) is 5.91 Å². The number of carbonyl (C=O) groups is 1. The molecule has 3 heteroatoms. The number of amides is 1. The number of hydrogen-bond acceptors (Lipinski definition) is 1. The predicted octanol–water partition coefficient (Wildman–Crippen LogP) is 4.79. The number of benzene rings is 1. The fourth-order valence-corrected chi connectivity index (χ4v) is 3.84. The first kappa shape index (κ1) is 15.6. The summed E-state index contributed by atoms with van der Waals surface area (Å²) in [5.74, 6) is 0.734. The standard InChI is InChI=1S/C17H24BrNO/c1-13(2)11-17(8-3-4-9-17)12-19-16(20)14-6-5-7-15(18)10-14/h5-7,10,13H,3-4,8-9,11-12H2,1-2H3,(H,19,20). The van der Waals surface area contributed by atoms with Crippen molar-refractivity contribution in [2.24, 2.45) is 11.3 Å². The van der Waals surface area contributed by atoms with E-state index >= 15 is 0 Å². The van der Waals surface area contributed by atoms with E-state index in [9.17, 15) is 4.79 Å². The van der Waals surface area contributed by atoms with Gasteiger partial charge in [-0.1, -0.05) is 48.7 Å². The minimum atomic E-state index is 0.0429. The summed E-state index contributed by atoms with van der Waals surface area (Å²) in [5.41, 5.74) is 1.06. The van der Waals surface area contributed by atoms with Gasteiger partial charge in [-0.05, 0) is 48.8 Å². The van der Waals surface area contributed by atoms with Gasteiger partial charge in [-0.15, -0.1) is 0 Å². The number of carbonyl (C=O) groups excluding carboxylic acids is 1. The number of nitrogens with one attached hydrogen (secondary N) is 1. The Labute approximate surface area is 130 Å². The number of rotatable bonds is 5. The summed E-state index contributed by atoms with van der Waals surface area (Å²) in [6, 6.07) is 7.58. The Morgan fingerprint density at radius 3 is 2.65 bits per heavy atom. The van der Waals surface area contributed by atoms with Gasteiger partial charge < -0.3 is 5.32 Å². The quantitative estimate of drug-likeness (QED) is 0.822. The van der Waals surface area contributed by atoms with Crippen LogP contribution in [-0.2, 0) is 0 Å². The molecule has 1 fully saturated rings. The Morgan fingerprint density at radius 1 is 1.35 bits per heavy atom. The minimum Gasteiger partial charge on any atom is -0.351 e. The molecule has 0 saturated heterocycles. The van der Waals surface area contributed by atoms with Crippen molar-refractivity contribution in [1.29, 1.82) is 0 Å². The lowest BCUT2D eigenvalue weighted by Crippen LogP contribution is -2.36. The molecule has 1 amide bonds. The highest BCUT2D eigenvalue weighted by molar-refractivity contribution is 9.10. The minimum absolute atomic E-state index is 0.0429. The molecule has 0 aliphatic heterocycles. The monoisotopic (exact) mass is 337 g/mol.